The SMILES string of the molecule is CCOc1cc(CNC(=O)[C@H]2CCN(c3ccc(CC)cc3)C2=O)ccc1OC. The van der Waals surface area contributed by atoms with Gasteiger partial charge < -0.3 is 19.7 Å². The van der Waals surface area contributed by atoms with Crippen LogP contribution in [-0.2, 0) is 22.6 Å². The van der Waals surface area contributed by atoms with Crippen molar-refractivity contribution in [2.45, 2.75) is 33.2 Å². The first-order valence-electron chi connectivity index (χ1n) is 10.0. The Morgan fingerprint density at radius 3 is 2.48 bits per heavy atom. The molecule has 0 bridgehead atoms. The van der Waals surface area contributed by atoms with Gasteiger partial charge in [0, 0.05) is 18.8 Å². The number of benzene rings is 2. The van der Waals surface area contributed by atoms with E-state index >= 15 is 0 Å². The van der Waals surface area contributed by atoms with Crippen molar-refractivity contribution in [3.63, 3.8) is 0 Å². The molecule has 0 radical (unpaired) electrons. The van der Waals surface area contributed by atoms with Crippen LogP contribution in [0.1, 0.15) is 31.4 Å². The first kappa shape index (κ1) is 20.7. The lowest BCUT2D eigenvalue weighted by atomic mass is 10.1. The molecule has 0 unspecified atom stereocenters. The molecule has 1 N–H and O–H groups in total. The Morgan fingerprint density at radius 2 is 1.83 bits per heavy atom. The zero-order chi connectivity index (χ0) is 20.8. The van der Waals surface area contributed by atoms with Crippen molar-refractivity contribution in [1.82, 2.24) is 5.32 Å². The Balaban J connectivity index is 1.61. The van der Waals surface area contributed by atoms with E-state index in [9.17, 15) is 9.59 Å². The second kappa shape index (κ2) is 9.45. The summed E-state index contributed by atoms with van der Waals surface area (Å²) in [7, 11) is 1.59. The van der Waals surface area contributed by atoms with Gasteiger partial charge in [-0.1, -0.05) is 25.1 Å². The predicted octanol–water partition coefficient (Wildman–Crippen LogP) is 3.33. The number of rotatable bonds is 8. The average Bonchev–Trinajstić information content (AvgIpc) is 3.14. The molecule has 0 saturated carbocycles. The first-order valence-corrected chi connectivity index (χ1v) is 10.0. The monoisotopic (exact) mass is 396 g/mol. The quantitative estimate of drug-likeness (QED) is 0.695. The van der Waals surface area contributed by atoms with E-state index in [0.29, 0.717) is 37.6 Å². The van der Waals surface area contributed by atoms with E-state index in [4.69, 9.17) is 9.47 Å². The number of amides is 2. The van der Waals surface area contributed by atoms with Crippen molar-refractivity contribution < 1.29 is 19.1 Å². The number of aryl methyl sites for hydroxylation is 1. The minimum Gasteiger partial charge on any atom is -0.493 e. The summed E-state index contributed by atoms with van der Waals surface area (Å²) in [6.45, 7) is 5.41. The molecule has 1 heterocycles. The Morgan fingerprint density at radius 1 is 1.10 bits per heavy atom. The molecule has 3 rings (SSSR count). The van der Waals surface area contributed by atoms with Crippen molar-refractivity contribution in [1.29, 1.82) is 0 Å². The van der Waals surface area contributed by atoms with Crippen LogP contribution in [0.25, 0.3) is 0 Å². The molecule has 0 aliphatic carbocycles. The van der Waals surface area contributed by atoms with E-state index in [1.54, 1.807) is 12.0 Å². The van der Waals surface area contributed by atoms with Gasteiger partial charge in [0.15, 0.2) is 11.5 Å². The Hall–Kier alpha value is -3.02. The number of hydrogen-bond acceptors (Lipinski definition) is 4. The Bertz CT molecular complexity index is 864. The maximum absolute atomic E-state index is 12.8. The Labute approximate surface area is 171 Å². The number of anilines is 1. The number of nitrogens with zero attached hydrogens (tertiary/aromatic N) is 1. The molecule has 2 aromatic carbocycles. The molecular formula is C23H28N2O4. The second-order valence-electron chi connectivity index (χ2n) is 6.99. The number of methoxy groups -OCH3 is 1. The second-order valence-corrected chi connectivity index (χ2v) is 6.99. The topological polar surface area (TPSA) is 67.9 Å². The maximum atomic E-state index is 12.8. The molecule has 2 aromatic rings. The number of carbonyl (C=O) groups is 2. The number of carbonyl (C=O) groups excluding carboxylic acids is 2. The molecule has 0 aromatic heterocycles. The lowest BCUT2D eigenvalue weighted by molar-refractivity contribution is -0.132. The normalized spacial score (nSPS) is 16.0. The van der Waals surface area contributed by atoms with Gasteiger partial charge in [0.05, 0.1) is 13.7 Å². The number of hydrogen-bond donors (Lipinski definition) is 1. The average molecular weight is 396 g/mol. The molecule has 6 heteroatoms. The van der Waals surface area contributed by atoms with Crippen LogP contribution in [0, 0.1) is 5.92 Å². The van der Waals surface area contributed by atoms with Gasteiger partial charge in [0.2, 0.25) is 11.8 Å². The third-order valence-electron chi connectivity index (χ3n) is 5.17. The van der Waals surface area contributed by atoms with Crippen LogP contribution in [0.4, 0.5) is 5.69 Å². The maximum Gasteiger partial charge on any atom is 0.239 e. The van der Waals surface area contributed by atoms with Crippen LogP contribution in [0.15, 0.2) is 42.5 Å². The van der Waals surface area contributed by atoms with Crippen molar-refractivity contribution in [3.8, 4) is 11.5 Å². The fourth-order valence-electron chi connectivity index (χ4n) is 3.50. The van der Waals surface area contributed by atoms with E-state index in [0.717, 1.165) is 17.7 Å². The predicted molar refractivity (Wildman–Crippen MR) is 112 cm³/mol. The van der Waals surface area contributed by atoms with Crippen LogP contribution in [-0.4, -0.2) is 32.1 Å². The van der Waals surface area contributed by atoms with Gasteiger partial charge >= 0.3 is 0 Å². The highest BCUT2D eigenvalue weighted by Crippen LogP contribution is 2.29. The van der Waals surface area contributed by atoms with Crippen molar-refractivity contribution in [3.05, 3.63) is 53.6 Å². The molecule has 1 aliphatic heterocycles. The fraction of sp³-hybridized carbons (Fsp3) is 0.391. The molecule has 6 nitrogen and oxygen atoms in total. The molecule has 1 atom stereocenters. The number of nitrogens with one attached hydrogen (secondary N) is 1. The van der Waals surface area contributed by atoms with E-state index in [1.807, 2.05) is 49.4 Å². The van der Waals surface area contributed by atoms with E-state index in [-0.39, 0.29) is 11.8 Å². The van der Waals surface area contributed by atoms with Gasteiger partial charge in [-0.15, -0.1) is 0 Å². The lowest BCUT2D eigenvalue weighted by Gasteiger charge is -2.17. The van der Waals surface area contributed by atoms with Crippen molar-refractivity contribution in [2.24, 2.45) is 5.92 Å². The van der Waals surface area contributed by atoms with E-state index < -0.39 is 5.92 Å². The van der Waals surface area contributed by atoms with Gasteiger partial charge in [-0.05, 0) is 55.2 Å². The molecule has 0 spiro atoms. The molecule has 1 fully saturated rings. The van der Waals surface area contributed by atoms with Crippen LogP contribution in [0.2, 0.25) is 0 Å². The van der Waals surface area contributed by atoms with Gasteiger partial charge in [0.25, 0.3) is 0 Å². The largest absolute Gasteiger partial charge is 0.493 e. The van der Waals surface area contributed by atoms with Crippen LogP contribution < -0.4 is 19.7 Å². The molecule has 154 valence electrons. The minimum atomic E-state index is -0.648. The first-order chi connectivity index (χ1) is 14.1. The third kappa shape index (κ3) is 4.70. The summed E-state index contributed by atoms with van der Waals surface area (Å²) in [5, 5.41) is 2.89. The standard InChI is InChI=1S/C23H28N2O4/c1-4-16-6-9-18(10-7-16)25-13-12-19(23(25)27)22(26)24-15-17-8-11-20(28-3)21(14-17)29-5-2/h6-11,14,19H,4-5,12-13,15H2,1-3H3,(H,24,26)/t19-/m1/s1. The summed E-state index contributed by atoms with van der Waals surface area (Å²) >= 11 is 0. The zero-order valence-corrected chi connectivity index (χ0v) is 17.2. The van der Waals surface area contributed by atoms with Crippen molar-refractivity contribution >= 4 is 17.5 Å². The molecule has 2 amide bonds. The highest BCUT2D eigenvalue weighted by molar-refractivity contribution is 6.09. The fourth-order valence-corrected chi connectivity index (χ4v) is 3.50. The molecule has 1 aliphatic rings. The highest BCUT2D eigenvalue weighted by Gasteiger charge is 2.37. The lowest BCUT2D eigenvalue weighted by Crippen LogP contribution is -2.36. The summed E-state index contributed by atoms with van der Waals surface area (Å²) in [5.41, 5.74) is 2.96. The smallest absolute Gasteiger partial charge is 0.239 e. The summed E-state index contributed by atoms with van der Waals surface area (Å²) in [6.07, 6.45) is 1.47. The summed E-state index contributed by atoms with van der Waals surface area (Å²) in [4.78, 5) is 27.1. The summed E-state index contributed by atoms with van der Waals surface area (Å²) in [6, 6.07) is 13.5. The summed E-state index contributed by atoms with van der Waals surface area (Å²) < 4.78 is 10.9. The summed E-state index contributed by atoms with van der Waals surface area (Å²) in [5.74, 6) is 0.261. The van der Waals surface area contributed by atoms with E-state index in [1.165, 1.54) is 5.56 Å². The third-order valence-corrected chi connectivity index (χ3v) is 5.17. The number of ether oxygens (including phenoxy) is 2. The zero-order valence-electron chi connectivity index (χ0n) is 17.2. The van der Waals surface area contributed by atoms with Crippen LogP contribution in [0.5, 0.6) is 11.5 Å². The van der Waals surface area contributed by atoms with Gasteiger partial charge in [-0.25, -0.2) is 0 Å². The van der Waals surface area contributed by atoms with Gasteiger partial charge in [0.1, 0.15) is 5.92 Å². The molecular weight excluding hydrogens is 368 g/mol. The van der Waals surface area contributed by atoms with Crippen molar-refractivity contribution in [2.75, 3.05) is 25.2 Å². The van der Waals surface area contributed by atoms with E-state index in [2.05, 4.69) is 12.2 Å². The highest BCUT2D eigenvalue weighted by atomic mass is 16.5. The van der Waals surface area contributed by atoms with Crippen LogP contribution in [0.3, 0.4) is 0 Å². The van der Waals surface area contributed by atoms with Gasteiger partial charge in [-0.2, -0.15) is 0 Å². The molecule has 29 heavy (non-hydrogen) atoms. The Kier molecular flexibility index (Phi) is 6.75. The minimum absolute atomic E-state index is 0.142. The van der Waals surface area contributed by atoms with Crippen LogP contribution >= 0.6 is 0 Å². The van der Waals surface area contributed by atoms with Gasteiger partial charge in [-0.3, -0.25) is 9.59 Å². The molecule has 1 saturated heterocycles.